The summed E-state index contributed by atoms with van der Waals surface area (Å²) in [7, 11) is 0. The number of aliphatic hydroxyl groups excluding tert-OH is 1. The predicted octanol–water partition coefficient (Wildman–Crippen LogP) is -2.13. The Morgan fingerprint density at radius 3 is 2.23 bits per heavy atom. The van der Waals surface area contributed by atoms with Crippen molar-refractivity contribution in [2.24, 2.45) is 11.7 Å². The van der Waals surface area contributed by atoms with Crippen LogP contribution in [-0.4, -0.2) is 87.2 Å². The molecule has 1 aliphatic rings. The van der Waals surface area contributed by atoms with E-state index in [4.69, 9.17) is 15.9 Å². The van der Waals surface area contributed by atoms with Gasteiger partial charge in [0.05, 0.1) is 19.1 Å². The first-order valence-electron chi connectivity index (χ1n) is 9.70. The Morgan fingerprint density at radius 1 is 1.10 bits per heavy atom. The van der Waals surface area contributed by atoms with Gasteiger partial charge in [-0.2, -0.15) is 0 Å². The zero-order valence-corrected chi connectivity index (χ0v) is 17.0. The summed E-state index contributed by atoms with van der Waals surface area (Å²) in [5, 5.41) is 31.4. The van der Waals surface area contributed by atoms with Crippen LogP contribution in [0.2, 0.25) is 0 Å². The van der Waals surface area contributed by atoms with Crippen LogP contribution in [0.3, 0.4) is 0 Å². The van der Waals surface area contributed by atoms with Crippen LogP contribution >= 0.6 is 0 Å². The average Bonchev–Trinajstić information content (AvgIpc) is 3.13. The van der Waals surface area contributed by atoms with Crippen molar-refractivity contribution in [3.63, 3.8) is 0 Å². The maximum atomic E-state index is 12.6. The number of rotatable bonds is 11. The van der Waals surface area contributed by atoms with Gasteiger partial charge in [0.2, 0.25) is 17.7 Å². The van der Waals surface area contributed by atoms with Crippen LogP contribution in [0.15, 0.2) is 0 Å². The second-order valence-corrected chi connectivity index (χ2v) is 7.67. The minimum Gasteiger partial charge on any atom is -0.481 e. The van der Waals surface area contributed by atoms with Crippen LogP contribution in [0, 0.1) is 5.92 Å². The van der Waals surface area contributed by atoms with E-state index in [0.29, 0.717) is 25.8 Å². The number of nitrogens with zero attached hydrogens (tertiary/aromatic N) is 1. The summed E-state index contributed by atoms with van der Waals surface area (Å²) in [6, 6.07) is -4.86. The lowest BCUT2D eigenvalue weighted by molar-refractivity contribution is -0.147. The molecule has 0 aromatic rings. The maximum Gasteiger partial charge on any atom is 0.326 e. The number of hydrogen-bond donors (Lipinski definition) is 6. The van der Waals surface area contributed by atoms with Gasteiger partial charge in [0.1, 0.15) is 18.1 Å². The standard InChI is InChI=1S/C18H30N4O8/c1-9(2)6-10(19)17(28)22-5-3-4-13(22)16(27)21-12(8-23)15(26)20-11(18(29)30)7-14(24)25/h9-13,23H,3-8,19H2,1-2H3,(H,20,26)(H,21,27)(H,24,25)(H,29,30). The molecule has 0 bridgehead atoms. The highest BCUT2D eigenvalue weighted by atomic mass is 16.4. The van der Waals surface area contributed by atoms with Crippen LogP contribution in [0.5, 0.6) is 0 Å². The SMILES string of the molecule is CC(C)CC(N)C(=O)N1CCCC1C(=O)NC(CO)C(=O)NC(CC(=O)O)C(=O)O. The molecule has 1 heterocycles. The summed E-state index contributed by atoms with van der Waals surface area (Å²) in [5.41, 5.74) is 5.93. The molecule has 1 rings (SSSR count). The topological polar surface area (TPSA) is 199 Å². The molecule has 12 heteroatoms. The maximum absolute atomic E-state index is 12.6. The molecular formula is C18H30N4O8. The average molecular weight is 430 g/mol. The first-order valence-corrected chi connectivity index (χ1v) is 9.70. The number of carboxylic acid groups (broad SMARTS) is 2. The number of amides is 3. The highest BCUT2D eigenvalue weighted by molar-refractivity contribution is 5.95. The molecule has 0 saturated carbocycles. The fourth-order valence-corrected chi connectivity index (χ4v) is 3.23. The molecule has 0 spiro atoms. The van der Waals surface area contributed by atoms with Gasteiger partial charge in [-0.1, -0.05) is 13.8 Å². The fourth-order valence-electron chi connectivity index (χ4n) is 3.23. The molecule has 7 N–H and O–H groups in total. The molecule has 12 nitrogen and oxygen atoms in total. The molecule has 0 aliphatic carbocycles. The number of nitrogens with one attached hydrogen (secondary N) is 2. The number of aliphatic hydroxyl groups is 1. The molecule has 0 aromatic heterocycles. The third-order valence-electron chi connectivity index (χ3n) is 4.69. The highest BCUT2D eigenvalue weighted by Crippen LogP contribution is 2.20. The number of carboxylic acids is 2. The van der Waals surface area contributed by atoms with E-state index in [9.17, 15) is 29.1 Å². The van der Waals surface area contributed by atoms with E-state index in [1.165, 1.54) is 4.90 Å². The zero-order valence-electron chi connectivity index (χ0n) is 17.0. The monoisotopic (exact) mass is 430 g/mol. The summed E-state index contributed by atoms with van der Waals surface area (Å²) in [6.07, 6.45) is 0.494. The summed E-state index contributed by atoms with van der Waals surface area (Å²) in [4.78, 5) is 60.6. The molecule has 4 unspecified atom stereocenters. The second-order valence-electron chi connectivity index (χ2n) is 7.67. The fraction of sp³-hybridized carbons (Fsp3) is 0.722. The van der Waals surface area contributed by atoms with Gasteiger partial charge in [0.15, 0.2) is 0 Å². The van der Waals surface area contributed by atoms with Crippen LogP contribution in [-0.2, 0) is 24.0 Å². The van der Waals surface area contributed by atoms with Crippen LogP contribution in [0.1, 0.15) is 39.5 Å². The van der Waals surface area contributed by atoms with E-state index in [1.54, 1.807) is 0 Å². The highest BCUT2D eigenvalue weighted by Gasteiger charge is 2.38. The first-order chi connectivity index (χ1) is 14.0. The van der Waals surface area contributed by atoms with Crippen molar-refractivity contribution in [2.45, 2.75) is 63.7 Å². The van der Waals surface area contributed by atoms with Gasteiger partial charge in [-0.05, 0) is 25.2 Å². The number of aliphatic carboxylic acids is 2. The van der Waals surface area contributed by atoms with E-state index >= 15 is 0 Å². The molecule has 170 valence electrons. The van der Waals surface area contributed by atoms with Gasteiger partial charge in [-0.15, -0.1) is 0 Å². The van der Waals surface area contributed by atoms with Crippen molar-refractivity contribution in [2.75, 3.05) is 13.2 Å². The Morgan fingerprint density at radius 2 is 1.73 bits per heavy atom. The molecule has 0 radical (unpaired) electrons. The third-order valence-corrected chi connectivity index (χ3v) is 4.69. The largest absolute Gasteiger partial charge is 0.481 e. The summed E-state index contributed by atoms with van der Waals surface area (Å²) in [5.74, 6) is -4.93. The first kappa shape index (κ1) is 25.3. The minimum atomic E-state index is -1.72. The summed E-state index contributed by atoms with van der Waals surface area (Å²) < 4.78 is 0. The van der Waals surface area contributed by atoms with Gasteiger partial charge < -0.3 is 36.6 Å². The van der Waals surface area contributed by atoms with Crippen molar-refractivity contribution in [3.8, 4) is 0 Å². The van der Waals surface area contributed by atoms with Gasteiger partial charge in [-0.3, -0.25) is 19.2 Å². The molecule has 4 atom stereocenters. The predicted molar refractivity (Wildman–Crippen MR) is 103 cm³/mol. The number of nitrogens with two attached hydrogens (primary N) is 1. The molecule has 0 aromatic carbocycles. The summed E-state index contributed by atoms with van der Waals surface area (Å²) >= 11 is 0. The Hall–Kier alpha value is -2.73. The Kier molecular flexibility index (Phi) is 9.66. The molecule has 1 fully saturated rings. The Labute approximate surface area is 173 Å². The Balaban J connectivity index is 2.79. The van der Waals surface area contributed by atoms with Crippen molar-refractivity contribution in [3.05, 3.63) is 0 Å². The van der Waals surface area contributed by atoms with Gasteiger partial charge in [-0.25, -0.2) is 4.79 Å². The lowest BCUT2D eigenvalue weighted by Gasteiger charge is -2.28. The minimum absolute atomic E-state index is 0.189. The van der Waals surface area contributed by atoms with Crippen LogP contribution in [0.4, 0.5) is 0 Å². The van der Waals surface area contributed by atoms with Crippen LogP contribution < -0.4 is 16.4 Å². The number of carbonyl (C=O) groups excluding carboxylic acids is 3. The smallest absolute Gasteiger partial charge is 0.326 e. The van der Waals surface area contributed by atoms with Gasteiger partial charge in [0, 0.05) is 6.54 Å². The summed E-state index contributed by atoms with van der Waals surface area (Å²) in [6.45, 7) is 3.32. The molecule has 30 heavy (non-hydrogen) atoms. The second kappa shape index (κ2) is 11.5. The quantitative estimate of drug-likeness (QED) is 0.212. The van der Waals surface area contributed by atoms with E-state index in [-0.39, 0.29) is 11.8 Å². The van der Waals surface area contributed by atoms with E-state index in [2.05, 4.69) is 5.32 Å². The molecule has 1 saturated heterocycles. The third kappa shape index (κ3) is 7.26. The normalized spacial score (nSPS) is 19.1. The molecule has 1 aliphatic heterocycles. The van der Waals surface area contributed by atoms with E-state index < -0.39 is 60.9 Å². The lowest BCUT2D eigenvalue weighted by atomic mass is 10.0. The van der Waals surface area contributed by atoms with Crippen molar-refractivity contribution >= 4 is 29.7 Å². The van der Waals surface area contributed by atoms with E-state index in [0.717, 1.165) is 0 Å². The van der Waals surface area contributed by atoms with Crippen molar-refractivity contribution < 1.29 is 39.3 Å². The van der Waals surface area contributed by atoms with Crippen molar-refractivity contribution in [1.29, 1.82) is 0 Å². The van der Waals surface area contributed by atoms with Gasteiger partial charge in [0.25, 0.3) is 0 Å². The van der Waals surface area contributed by atoms with E-state index in [1.807, 2.05) is 19.2 Å². The number of hydrogen-bond acceptors (Lipinski definition) is 7. The van der Waals surface area contributed by atoms with Crippen LogP contribution in [0.25, 0.3) is 0 Å². The zero-order chi connectivity index (χ0) is 23.0. The van der Waals surface area contributed by atoms with Crippen molar-refractivity contribution in [1.82, 2.24) is 15.5 Å². The molecule has 3 amide bonds. The Bertz CT molecular complexity index is 669. The molecular weight excluding hydrogens is 400 g/mol. The number of carbonyl (C=O) groups is 5. The number of likely N-dealkylation sites (tertiary alicyclic amines) is 1. The van der Waals surface area contributed by atoms with Gasteiger partial charge >= 0.3 is 11.9 Å². The lowest BCUT2D eigenvalue weighted by Crippen LogP contribution is -2.57.